The monoisotopic (exact) mass is 459 g/mol. The van der Waals surface area contributed by atoms with Gasteiger partial charge in [-0.15, -0.1) is 0 Å². The van der Waals surface area contributed by atoms with Gasteiger partial charge in [-0.2, -0.15) is 18.4 Å². The molecular formula is C23H24F3N5O2. The van der Waals surface area contributed by atoms with Crippen molar-refractivity contribution in [2.45, 2.75) is 19.5 Å². The van der Waals surface area contributed by atoms with Crippen LogP contribution in [0.2, 0.25) is 0 Å². The third-order valence-electron chi connectivity index (χ3n) is 6.59. The van der Waals surface area contributed by atoms with E-state index in [4.69, 9.17) is 10.00 Å². The number of rotatable bonds is 5. The lowest BCUT2D eigenvalue weighted by Crippen LogP contribution is -2.51. The molecule has 2 fully saturated rings. The second-order valence-corrected chi connectivity index (χ2v) is 8.51. The van der Waals surface area contributed by atoms with Crippen LogP contribution in [-0.2, 0) is 10.9 Å². The molecule has 3 heterocycles. The number of nitriles is 1. The van der Waals surface area contributed by atoms with E-state index in [0.717, 1.165) is 6.07 Å². The van der Waals surface area contributed by atoms with Gasteiger partial charge in [0.2, 0.25) is 0 Å². The van der Waals surface area contributed by atoms with Gasteiger partial charge in [0.1, 0.15) is 5.69 Å². The van der Waals surface area contributed by atoms with E-state index in [0.29, 0.717) is 51.5 Å². The molecule has 2 aliphatic heterocycles. The van der Waals surface area contributed by atoms with Crippen molar-refractivity contribution >= 4 is 11.6 Å². The Bertz CT molecular complexity index is 1060. The minimum Gasteiger partial charge on any atom is -0.381 e. The van der Waals surface area contributed by atoms with Gasteiger partial charge in [-0.05, 0) is 31.5 Å². The average molecular weight is 459 g/mol. The van der Waals surface area contributed by atoms with Gasteiger partial charge in [0.05, 0.1) is 30.0 Å². The quantitative estimate of drug-likeness (QED) is 0.682. The Labute approximate surface area is 189 Å². The first-order valence-corrected chi connectivity index (χ1v) is 10.8. The molecule has 0 spiro atoms. The molecule has 2 aromatic rings. The summed E-state index contributed by atoms with van der Waals surface area (Å²) in [6.45, 7) is 4.89. The number of amides is 1. The number of hydrogen-bond acceptors (Lipinski definition) is 6. The van der Waals surface area contributed by atoms with E-state index in [2.05, 4.69) is 9.97 Å². The number of benzene rings is 1. The SMILES string of the molecule is CCOC[C@@]12CCN(C(=O)c3cnccn3)C[C@@H]1CN(c1ccc(C#N)c(C(F)(F)F)c1)C2. The number of hydrogen-bond donors (Lipinski definition) is 0. The zero-order chi connectivity index (χ0) is 23.6. The lowest BCUT2D eigenvalue weighted by molar-refractivity contribution is -0.137. The van der Waals surface area contributed by atoms with Crippen LogP contribution in [0.4, 0.5) is 18.9 Å². The fourth-order valence-corrected chi connectivity index (χ4v) is 4.84. The summed E-state index contributed by atoms with van der Waals surface area (Å²) in [4.78, 5) is 24.6. The number of carbonyl (C=O) groups excluding carboxylic acids is 1. The average Bonchev–Trinajstić information content (AvgIpc) is 3.21. The van der Waals surface area contributed by atoms with E-state index in [9.17, 15) is 18.0 Å². The second-order valence-electron chi connectivity index (χ2n) is 8.51. The van der Waals surface area contributed by atoms with Gasteiger partial charge in [-0.1, -0.05) is 0 Å². The van der Waals surface area contributed by atoms with Crippen LogP contribution in [0, 0.1) is 22.7 Å². The maximum Gasteiger partial charge on any atom is 0.417 e. The molecule has 0 bridgehead atoms. The molecule has 0 radical (unpaired) electrons. The molecule has 7 nitrogen and oxygen atoms in total. The first-order valence-electron chi connectivity index (χ1n) is 10.8. The Morgan fingerprint density at radius 3 is 2.82 bits per heavy atom. The third-order valence-corrected chi connectivity index (χ3v) is 6.59. The number of piperidine rings is 1. The maximum absolute atomic E-state index is 13.5. The number of anilines is 1. The van der Waals surface area contributed by atoms with Crippen LogP contribution in [0.15, 0.2) is 36.8 Å². The Hall–Kier alpha value is -3.19. The molecule has 0 aliphatic carbocycles. The van der Waals surface area contributed by atoms with Gasteiger partial charge in [0.15, 0.2) is 0 Å². The molecule has 1 amide bonds. The van der Waals surface area contributed by atoms with E-state index >= 15 is 0 Å². The molecule has 2 aliphatic rings. The minimum absolute atomic E-state index is 0.0170. The smallest absolute Gasteiger partial charge is 0.381 e. The van der Waals surface area contributed by atoms with E-state index in [1.165, 1.54) is 24.7 Å². The van der Waals surface area contributed by atoms with Gasteiger partial charge >= 0.3 is 6.18 Å². The van der Waals surface area contributed by atoms with Crippen molar-refractivity contribution in [3.05, 3.63) is 53.6 Å². The van der Waals surface area contributed by atoms with Crippen LogP contribution in [0.5, 0.6) is 0 Å². The van der Waals surface area contributed by atoms with Crippen LogP contribution >= 0.6 is 0 Å². The van der Waals surface area contributed by atoms with Crippen LogP contribution in [-0.4, -0.2) is 60.2 Å². The van der Waals surface area contributed by atoms with E-state index in [-0.39, 0.29) is 22.9 Å². The Morgan fingerprint density at radius 1 is 1.33 bits per heavy atom. The summed E-state index contributed by atoms with van der Waals surface area (Å²) in [5.41, 5.74) is -0.921. The molecule has 1 aromatic heterocycles. The van der Waals surface area contributed by atoms with Crippen LogP contribution in [0.1, 0.15) is 35.0 Å². The van der Waals surface area contributed by atoms with E-state index < -0.39 is 17.3 Å². The predicted molar refractivity (Wildman–Crippen MR) is 113 cm³/mol. The number of nitrogens with zero attached hydrogens (tertiary/aromatic N) is 5. The van der Waals surface area contributed by atoms with Crippen LogP contribution < -0.4 is 4.90 Å². The van der Waals surface area contributed by atoms with Crippen molar-refractivity contribution in [1.82, 2.24) is 14.9 Å². The van der Waals surface area contributed by atoms with Gasteiger partial charge in [0.25, 0.3) is 5.91 Å². The largest absolute Gasteiger partial charge is 0.417 e. The lowest BCUT2D eigenvalue weighted by Gasteiger charge is -2.43. The number of alkyl halides is 3. The molecule has 2 atom stereocenters. The summed E-state index contributed by atoms with van der Waals surface area (Å²) in [6, 6.07) is 5.45. The summed E-state index contributed by atoms with van der Waals surface area (Å²) in [5, 5.41) is 9.09. The molecule has 1 aromatic carbocycles. The Morgan fingerprint density at radius 2 is 2.15 bits per heavy atom. The van der Waals surface area contributed by atoms with Gasteiger partial charge < -0.3 is 14.5 Å². The number of halogens is 3. The highest BCUT2D eigenvalue weighted by Gasteiger charge is 2.50. The summed E-state index contributed by atoms with van der Waals surface area (Å²) in [7, 11) is 0. The van der Waals surface area contributed by atoms with Crippen LogP contribution in [0.25, 0.3) is 0 Å². The minimum atomic E-state index is -4.61. The van der Waals surface area contributed by atoms with Crippen molar-refractivity contribution in [2.24, 2.45) is 11.3 Å². The lowest BCUT2D eigenvalue weighted by atomic mass is 9.73. The van der Waals surface area contributed by atoms with Crippen molar-refractivity contribution in [2.75, 3.05) is 44.3 Å². The summed E-state index contributed by atoms with van der Waals surface area (Å²) in [6.07, 6.45) is 0.457. The highest BCUT2D eigenvalue weighted by atomic mass is 19.4. The zero-order valence-corrected chi connectivity index (χ0v) is 18.2. The highest BCUT2D eigenvalue weighted by molar-refractivity contribution is 5.92. The summed E-state index contributed by atoms with van der Waals surface area (Å²) in [5.74, 6) is -0.187. The highest BCUT2D eigenvalue weighted by Crippen LogP contribution is 2.45. The molecule has 0 N–H and O–H groups in total. The van der Waals surface area contributed by atoms with Gasteiger partial charge in [0, 0.05) is 62.2 Å². The normalized spacial score (nSPS) is 22.7. The standard InChI is InChI=1S/C23H24F3N5O2/c1-2-33-15-22-5-8-30(21(32)20-11-28-6-7-29-20)12-17(22)13-31(14-22)18-4-3-16(10-27)19(9-18)23(24,25)26/h3-4,6-7,9,11,17H,2,5,8,12-15H2,1H3/t17-,22+/m1/s1. The van der Waals surface area contributed by atoms with E-state index in [1.807, 2.05) is 11.8 Å². The van der Waals surface area contributed by atoms with E-state index in [1.54, 1.807) is 17.0 Å². The second kappa shape index (κ2) is 8.98. The van der Waals surface area contributed by atoms with Crippen molar-refractivity contribution < 1.29 is 22.7 Å². The fraction of sp³-hybridized carbons (Fsp3) is 0.478. The van der Waals surface area contributed by atoms with Crippen molar-refractivity contribution in [1.29, 1.82) is 5.26 Å². The third kappa shape index (κ3) is 4.50. The number of likely N-dealkylation sites (tertiary alicyclic amines) is 1. The van der Waals surface area contributed by atoms with Gasteiger partial charge in [-0.3, -0.25) is 9.78 Å². The molecule has 0 saturated carbocycles. The number of aromatic nitrogens is 2. The van der Waals surface area contributed by atoms with Gasteiger partial charge in [-0.25, -0.2) is 4.98 Å². The number of ether oxygens (including phenoxy) is 1. The number of carbonyl (C=O) groups is 1. The first-order chi connectivity index (χ1) is 15.8. The zero-order valence-electron chi connectivity index (χ0n) is 18.2. The summed E-state index contributed by atoms with van der Waals surface area (Å²) >= 11 is 0. The maximum atomic E-state index is 13.5. The molecule has 174 valence electrons. The Balaban J connectivity index is 1.60. The Kier molecular flexibility index (Phi) is 6.26. The number of fused-ring (bicyclic) bond motifs is 1. The molecule has 10 heteroatoms. The van der Waals surface area contributed by atoms with Crippen LogP contribution in [0.3, 0.4) is 0 Å². The topological polar surface area (TPSA) is 82.3 Å². The molecule has 4 rings (SSSR count). The summed E-state index contributed by atoms with van der Waals surface area (Å²) < 4.78 is 46.3. The molecule has 0 unspecified atom stereocenters. The predicted octanol–water partition coefficient (Wildman–Crippen LogP) is 3.37. The molecule has 2 saturated heterocycles. The van der Waals surface area contributed by atoms with Crippen molar-refractivity contribution in [3.63, 3.8) is 0 Å². The van der Waals surface area contributed by atoms with Crippen molar-refractivity contribution in [3.8, 4) is 6.07 Å². The molecular weight excluding hydrogens is 435 g/mol. The first kappa shape index (κ1) is 23.0. The molecule has 33 heavy (non-hydrogen) atoms. The fourth-order valence-electron chi connectivity index (χ4n) is 4.84.